The van der Waals surface area contributed by atoms with E-state index in [9.17, 15) is 18.4 Å². The summed E-state index contributed by atoms with van der Waals surface area (Å²) in [5.41, 5.74) is 1.22. The minimum atomic E-state index is -0.747. The lowest BCUT2D eigenvalue weighted by Gasteiger charge is -2.14. The first-order valence-electron chi connectivity index (χ1n) is 9.98. The van der Waals surface area contributed by atoms with Gasteiger partial charge in [0.25, 0.3) is 0 Å². The van der Waals surface area contributed by atoms with E-state index in [4.69, 9.17) is 9.47 Å². The lowest BCUT2D eigenvalue weighted by atomic mass is 10.1. The summed E-state index contributed by atoms with van der Waals surface area (Å²) < 4.78 is 38.6. The molecule has 0 radical (unpaired) electrons. The van der Waals surface area contributed by atoms with Gasteiger partial charge in [-0.25, -0.2) is 18.3 Å². The first-order chi connectivity index (χ1) is 15.4. The van der Waals surface area contributed by atoms with E-state index in [0.717, 1.165) is 18.2 Å². The van der Waals surface area contributed by atoms with Crippen molar-refractivity contribution < 1.29 is 23.0 Å². The molecule has 0 spiro atoms. The number of carbonyl (C=O) groups is 1. The Labute approximate surface area is 183 Å². The maximum absolute atomic E-state index is 13.5. The molecule has 32 heavy (non-hydrogen) atoms. The second-order valence-electron chi connectivity index (χ2n) is 7.07. The zero-order valence-corrected chi connectivity index (χ0v) is 17.7. The topological polar surface area (TPSA) is 82.5 Å². The molecule has 9 heteroatoms. The molecule has 168 valence electrons. The number of halogens is 2. The monoisotopic (exact) mass is 443 g/mol. The molecule has 1 amide bonds. The van der Waals surface area contributed by atoms with Gasteiger partial charge in [0.1, 0.15) is 23.9 Å². The second kappa shape index (κ2) is 10.6. The third kappa shape index (κ3) is 6.21. The highest BCUT2D eigenvalue weighted by Crippen LogP contribution is 2.15. The Kier molecular flexibility index (Phi) is 7.67. The molecular formula is C23H23F2N3O4. The molecule has 0 aliphatic carbocycles. The second-order valence-corrected chi connectivity index (χ2v) is 7.07. The molecule has 1 N–H and O–H groups in total. The Morgan fingerprint density at radius 1 is 1.16 bits per heavy atom. The van der Waals surface area contributed by atoms with E-state index in [-0.39, 0.29) is 35.9 Å². The maximum atomic E-state index is 13.5. The molecule has 2 aromatic carbocycles. The van der Waals surface area contributed by atoms with Crippen molar-refractivity contribution >= 4 is 11.8 Å². The van der Waals surface area contributed by atoms with Crippen molar-refractivity contribution in [3.63, 3.8) is 0 Å². The third-order valence-electron chi connectivity index (χ3n) is 4.73. The fraction of sp³-hybridized carbons (Fsp3) is 0.261. The van der Waals surface area contributed by atoms with E-state index in [1.54, 1.807) is 31.4 Å². The summed E-state index contributed by atoms with van der Waals surface area (Å²) >= 11 is 0. The van der Waals surface area contributed by atoms with Crippen molar-refractivity contribution in [2.45, 2.75) is 25.9 Å². The van der Waals surface area contributed by atoms with Crippen LogP contribution in [0.1, 0.15) is 24.6 Å². The summed E-state index contributed by atoms with van der Waals surface area (Å²) in [6.07, 6.45) is 1.42. The number of hydrogen-bond acceptors (Lipinski definition) is 5. The molecule has 3 rings (SSSR count). The quantitative estimate of drug-likeness (QED) is 0.568. The Balaban J connectivity index is 1.74. The van der Waals surface area contributed by atoms with Crippen molar-refractivity contribution in [2.75, 3.05) is 19.0 Å². The molecule has 3 aromatic rings. The van der Waals surface area contributed by atoms with E-state index in [1.165, 1.54) is 16.9 Å². The third-order valence-corrected chi connectivity index (χ3v) is 4.73. The smallest absolute Gasteiger partial charge is 0.411 e. The predicted molar refractivity (Wildman–Crippen MR) is 115 cm³/mol. The number of amides is 1. The fourth-order valence-corrected chi connectivity index (χ4v) is 3.01. The molecule has 0 aliphatic heterocycles. The van der Waals surface area contributed by atoms with Crippen LogP contribution in [0, 0.1) is 11.6 Å². The van der Waals surface area contributed by atoms with Gasteiger partial charge in [-0.3, -0.25) is 10.1 Å². The van der Waals surface area contributed by atoms with Crippen LogP contribution >= 0.6 is 0 Å². The van der Waals surface area contributed by atoms with Gasteiger partial charge in [-0.2, -0.15) is 5.10 Å². The largest absolute Gasteiger partial charge is 0.447 e. The normalized spacial score (nSPS) is 11.8. The van der Waals surface area contributed by atoms with E-state index in [1.807, 2.05) is 6.92 Å². The van der Waals surface area contributed by atoms with Crippen molar-refractivity contribution in [1.29, 1.82) is 0 Å². The van der Waals surface area contributed by atoms with Crippen LogP contribution in [-0.4, -0.2) is 35.7 Å². The molecule has 0 bridgehead atoms. The van der Waals surface area contributed by atoms with Gasteiger partial charge in [-0.1, -0.05) is 19.1 Å². The lowest BCUT2D eigenvalue weighted by molar-refractivity contribution is 0.0374. The van der Waals surface area contributed by atoms with Crippen molar-refractivity contribution in [3.8, 4) is 5.69 Å². The van der Waals surface area contributed by atoms with Gasteiger partial charge in [0, 0.05) is 37.5 Å². The first-order valence-corrected chi connectivity index (χ1v) is 9.98. The number of rotatable bonds is 8. The van der Waals surface area contributed by atoms with Crippen LogP contribution in [0.15, 0.2) is 59.5 Å². The molecular weight excluding hydrogens is 420 g/mol. The number of nitrogens with zero attached hydrogens (tertiary/aromatic N) is 2. The first kappa shape index (κ1) is 23.1. The van der Waals surface area contributed by atoms with Crippen LogP contribution in [0.2, 0.25) is 0 Å². The zero-order chi connectivity index (χ0) is 23.1. The van der Waals surface area contributed by atoms with Crippen LogP contribution in [0.3, 0.4) is 0 Å². The van der Waals surface area contributed by atoms with Gasteiger partial charge in [-0.15, -0.1) is 0 Å². The summed E-state index contributed by atoms with van der Waals surface area (Å²) in [6.45, 7) is 2.06. The minimum absolute atomic E-state index is 0.132. The predicted octanol–water partition coefficient (Wildman–Crippen LogP) is 4.08. The average Bonchev–Trinajstić information content (AvgIpc) is 2.75. The summed E-state index contributed by atoms with van der Waals surface area (Å²) in [5, 5.41) is 6.86. The van der Waals surface area contributed by atoms with Crippen molar-refractivity contribution in [3.05, 3.63) is 87.8 Å². The standard InChI is InChI=1S/C23H23F2N3O4/c1-3-20(31-2)14-32-23(30)26-18-6-4-5-15(9-18)10-21-22(29)7-8-28(27-21)19-12-16(24)11-17(25)13-19/h4-9,11-13,20H,3,10,14H2,1-2H3,(H,26,30). The number of benzene rings is 2. The number of ether oxygens (including phenoxy) is 2. The molecule has 7 nitrogen and oxygen atoms in total. The molecule has 0 saturated heterocycles. The Morgan fingerprint density at radius 2 is 1.91 bits per heavy atom. The van der Waals surface area contributed by atoms with Crippen LogP contribution in [0.5, 0.6) is 0 Å². The highest BCUT2D eigenvalue weighted by Gasteiger charge is 2.11. The van der Waals surface area contributed by atoms with Gasteiger partial charge in [0.05, 0.1) is 11.8 Å². The zero-order valence-electron chi connectivity index (χ0n) is 17.7. The molecule has 0 aliphatic rings. The van der Waals surface area contributed by atoms with Gasteiger partial charge in [0.15, 0.2) is 0 Å². The van der Waals surface area contributed by atoms with Crippen molar-refractivity contribution in [1.82, 2.24) is 9.78 Å². The van der Waals surface area contributed by atoms with Crippen LogP contribution in [0.4, 0.5) is 19.3 Å². The highest BCUT2D eigenvalue weighted by atomic mass is 19.1. The Hall–Kier alpha value is -3.59. The molecule has 0 fully saturated rings. The number of nitrogens with one attached hydrogen (secondary N) is 1. The number of anilines is 1. The maximum Gasteiger partial charge on any atom is 0.411 e. The molecule has 1 heterocycles. The van der Waals surface area contributed by atoms with Crippen molar-refractivity contribution in [2.24, 2.45) is 0 Å². The number of methoxy groups -OCH3 is 1. The number of aromatic nitrogens is 2. The minimum Gasteiger partial charge on any atom is -0.447 e. The SMILES string of the molecule is CCC(COC(=O)Nc1cccc(Cc2nn(-c3cc(F)cc(F)c3)ccc2=O)c1)OC. The van der Waals surface area contributed by atoms with E-state index >= 15 is 0 Å². The Bertz CT molecular complexity index is 1130. The number of hydrogen-bond donors (Lipinski definition) is 1. The summed E-state index contributed by atoms with van der Waals surface area (Å²) in [4.78, 5) is 24.3. The average molecular weight is 443 g/mol. The highest BCUT2D eigenvalue weighted by molar-refractivity contribution is 5.84. The molecule has 1 atom stereocenters. The molecule has 1 aromatic heterocycles. The lowest BCUT2D eigenvalue weighted by Crippen LogP contribution is -2.23. The van der Waals surface area contributed by atoms with Gasteiger partial charge in [0.2, 0.25) is 5.43 Å². The molecule has 1 unspecified atom stereocenters. The van der Waals surface area contributed by atoms with Crippen LogP contribution < -0.4 is 10.7 Å². The van der Waals surface area contributed by atoms with Gasteiger partial charge in [-0.05, 0) is 36.2 Å². The summed E-state index contributed by atoms with van der Waals surface area (Å²) in [5.74, 6) is -1.49. The molecule has 0 saturated carbocycles. The Morgan fingerprint density at radius 3 is 2.59 bits per heavy atom. The van der Waals surface area contributed by atoms with E-state index in [2.05, 4.69) is 10.4 Å². The van der Waals surface area contributed by atoms with E-state index < -0.39 is 17.7 Å². The van der Waals surface area contributed by atoms with Crippen LogP contribution in [0.25, 0.3) is 5.69 Å². The van der Waals surface area contributed by atoms with Crippen LogP contribution in [-0.2, 0) is 15.9 Å². The number of carbonyl (C=O) groups excluding carboxylic acids is 1. The fourth-order valence-electron chi connectivity index (χ4n) is 3.01. The van der Waals surface area contributed by atoms with E-state index in [0.29, 0.717) is 17.7 Å². The summed E-state index contributed by atoms with van der Waals surface area (Å²) in [7, 11) is 1.55. The van der Waals surface area contributed by atoms with Gasteiger partial charge < -0.3 is 9.47 Å². The summed E-state index contributed by atoms with van der Waals surface area (Å²) in [6, 6.07) is 11.1. The van der Waals surface area contributed by atoms with Gasteiger partial charge >= 0.3 is 6.09 Å².